The Kier molecular flexibility index (Phi) is 5.87. The minimum Gasteiger partial charge on any atom is -0.378 e. The Bertz CT molecular complexity index is 910. The van der Waals surface area contributed by atoms with Gasteiger partial charge in [0, 0.05) is 47.6 Å². The number of anilines is 3. The van der Waals surface area contributed by atoms with Crippen molar-refractivity contribution < 1.29 is 14.3 Å². The minimum atomic E-state index is -0.356. The van der Waals surface area contributed by atoms with E-state index < -0.39 is 0 Å². The van der Waals surface area contributed by atoms with Gasteiger partial charge in [-0.15, -0.1) is 0 Å². The highest BCUT2D eigenvalue weighted by Gasteiger charge is 2.35. The first-order valence-corrected chi connectivity index (χ1v) is 10.6. The number of ether oxygens (including phenoxy) is 1. The smallest absolute Gasteiger partial charge is 0.229 e. The molecule has 1 N–H and O–H groups in total. The average Bonchev–Trinajstić information content (AvgIpc) is 3.13. The van der Waals surface area contributed by atoms with Gasteiger partial charge in [-0.25, -0.2) is 0 Å². The Hall–Kier alpha value is -2.38. The molecular weight excluding hydrogens is 434 g/mol. The second-order valence-corrected chi connectivity index (χ2v) is 8.33. The number of benzene rings is 2. The number of rotatable bonds is 4. The van der Waals surface area contributed by atoms with Gasteiger partial charge >= 0.3 is 0 Å². The maximum absolute atomic E-state index is 12.7. The van der Waals surface area contributed by atoms with Gasteiger partial charge in [0.05, 0.1) is 19.1 Å². The van der Waals surface area contributed by atoms with Crippen LogP contribution in [0.2, 0.25) is 0 Å². The largest absolute Gasteiger partial charge is 0.378 e. The number of nitrogens with one attached hydrogen (secondary N) is 1. The summed E-state index contributed by atoms with van der Waals surface area (Å²) in [6, 6.07) is 13.6. The Balaban J connectivity index is 1.38. The molecule has 0 radical (unpaired) electrons. The number of halogens is 1. The van der Waals surface area contributed by atoms with Crippen molar-refractivity contribution in [1.29, 1.82) is 0 Å². The van der Waals surface area contributed by atoms with Crippen molar-refractivity contribution in [2.24, 2.45) is 5.92 Å². The van der Waals surface area contributed by atoms with E-state index in [9.17, 15) is 9.59 Å². The van der Waals surface area contributed by atoms with E-state index in [4.69, 9.17) is 4.74 Å². The van der Waals surface area contributed by atoms with Crippen LogP contribution in [0.3, 0.4) is 0 Å². The van der Waals surface area contributed by atoms with Crippen molar-refractivity contribution in [3.63, 3.8) is 0 Å². The van der Waals surface area contributed by atoms with E-state index in [1.54, 1.807) is 4.90 Å². The van der Waals surface area contributed by atoms with Gasteiger partial charge in [0.15, 0.2) is 0 Å². The second kappa shape index (κ2) is 8.55. The summed E-state index contributed by atoms with van der Waals surface area (Å²) in [5.41, 5.74) is 3.76. The van der Waals surface area contributed by atoms with Gasteiger partial charge in [-0.05, 0) is 55.0 Å². The molecule has 0 aliphatic carbocycles. The lowest BCUT2D eigenvalue weighted by Gasteiger charge is -2.28. The van der Waals surface area contributed by atoms with Crippen LogP contribution in [0.15, 0.2) is 46.9 Å². The van der Waals surface area contributed by atoms with Crippen LogP contribution in [0.4, 0.5) is 17.1 Å². The molecule has 2 aromatic carbocycles. The van der Waals surface area contributed by atoms with Crippen LogP contribution in [0.25, 0.3) is 0 Å². The maximum Gasteiger partial charge on any atom is 0.229 e. The molecule has 1 atom stereocenters. The van der Waals surface area contributed by atoms with Crippen molar-refractivity contribution in [3.05, 3.63) is 52.5 Å². The molecule has 0 spiro atoms. The van der Waals surface area contributed by atoms with Crippen molar-refractivity contribution in [2.75, 3.05) is 48.0 Å². The molecule has 6 nitrogen and oxygen atoms in total. The molecule has 0 aromatic heterocycles. The van der Waals surface area contributed by atoms with Crippen LogP contribution in [-0.2, 0) is 14.3 Å². The van der Waals surface area contributed by atoms with E-state index in [0.717, 1.165) is 53.4 Å². The van der Waals surface area contributed by atoms with Crippen molar-refractivity contribution >= 4 is 44.8 Å². The van der Waals surface area contributed by atoms with Gasteiger partial charge in [-0.2, -0.15) is 0 Å². The first-order chi connectivity index (χ1) is 14.0. The lowest BCUT2D eigenvalue weighted by Crippen LogP contribution is -2.36. The Morgan fingerprint density at radius 1 is 1.10 bits per heavy atom. The average molecular weight is 458 g/mol. The molecule has 2 amide bonds. The topological polar surface area (TPSA) is 61.9 Å². The van der Waals surface area contributed by atoms with Crippen LogP contribution in [0.1, 0.15) is 12.0 Å². The highest BCUT2D eigenvalue weighted by molar-refractivity contribution is 9.10. The Morgan fingerprint density at radius 3 is 2.48 bits per heavy atom. The van der Waals surface area contributed by atoms with Crippen molar-refractivity contribution in [2.45, 2.75) is 13.3 Å². The number of hydrogen-bond acceptors (Lipinski definition) is 4. The predicted octanol–water partition coefficient (Wildman–Crippen LogP) is 3.59. The molecule has 2 aromatic rings. The van der Waals surface area contributed by atoms with Gasteiger partial charge < -0.3 is 19.9 Å². The molecule has 7 heteroatoms. The number of morpholine rings is 1. The fourth-order valence-corrected chi connectivity index (χ4v) is 4.00. The molecule has 4 rings (SSSR count). The van der Waals surface area contributed by atoms with Gasteiger partial charge in [-0.1, -0.05) is 15.9 Å². The number of carbonyl (C=O) groups is 2. The van der Waals surface area contributed by atoms with Crippen LogP contribution >= 0.6 is 15.9 Å². The van der Waals surface area contributed by atoms with Crippen LogP contribution in [0.5, 0.6) is 0 Å². The number of amides is 2. The molecule has 2 fully saturated rings. The first kappa shape index (κ1) is 19.9. The second-order valence-electron chi connectivity index (χ2n) is 7.47. The monoisotopic (exact) mass is 457 g/mol. The third-order valence-electron chi connectivity index (χ3n) is 5.46. The zero-order chi connectivity index (χ0) is 20.4. The standard InChI is InChI=1S/C22H24BrN3O3/c1-15-12-19(6-7-20(15)23)26-14-16(13-21(26)27)22(28)24-17-2-4-18(5-3-17)25-8-10-29-11-9-25/h2-7,12,16H,8-11,13-14H2,1H3,(H,24,28). The molecule has 2 aliphatic rings. The van der Waals surface area contributed by atoms with E-state index in [1.165, 1.54) is 0 Å². The lowest BCUT2D eigenvalue weighted by atomic mass is 10.1. The van der Waals surface area contributed by atoms with Crippen LogP contribution < -0.4 is 15.1 Å². The van der Waals surface area contributed by atoms with E-state index in [0.29, 0.717) is 6.54 Å². The van der Waals surface area contributed by atoms with Crippen LogP contribution in [0, 0.1) is 12.8 Å². The predicted molar refractivity (Wildman–Crippen MR) is 117 cm³/mol. The summed E-state index contributed by atoms with van der Waals surface area (Å²) in [4.78, 5) is 29.2. The summed E-state index contributed by atoms with van der Waals surface area (Å²) < 4.78 is 6.39. The van der Waals surface area contributed by atoms with Gasteiger partial charge in [0.25, 0.3) is 0 Å². The molecule has 2 saturated heterocycles. The minimum absolute atomic E-state index is 0.0189. The summed E-state index contributed by atoms with van der Waals surface area (Å²) in [6.45, 7) is 5.62. The van der Waals surface area contributed by atoms with Gasteiger partial charge in [0.2, 0.25) is 11.8 Å². The fraction of sp³-hybridized carbons (Fsp3) is 0.364. The van der Waals surface area contributed by atoms with Crippen molar-refractivity contribution in [3.8, 4) is 0 Å². The maximum atomic E-state index is 12.7. The summed E-state index contributed by atoms with van der Waals surface area (Å²) in [6.07, 6.45) is 0.229. The highest BCUT2D eigenvalue weighted by Crippen LogP contribution is 2.29. The quantitative estimate of drug-likeness (QED) is 0.761. The summed E-state index contributed by atoms with van der Waals surface area (Å²) in [7, 11) is 0. The molecule has 29 heavy (non-hydrogen) atoms. The lowest BCUT2D eigenvalue weighted by molar-refractivity contribution is -0.122. The third kappa shape index (κ3) is 4.46. The molecular formula is C22H24BrN3O3. The SMILES string of the molecule is Cc1cc(N2CC(C(=O)Nc3ccc(N4CCOCC4)cc3)CC2=O)ccc1Br. The van der Waals surface area contributed by atoms with E-state index in [1.807, 2.05) is 49.4 Å². The zero-order valence-corrected chi connectivity index (χ0v) is 17.9. The first-order valence-electron chi connectivity index (χ1n) is 9.81. The molecule has 2 heterocycles. The van der Waals surface area contributed by atoms with Gasteiger partial charge in [-0.3, -0.25) is 9.59 Å². The molecule has 0 saturated carbocycles. The number of carbonyl (C=O) groups excluding carboxylic acids is 2. The number of nitrogens with zero attached hydrogens (tertiary/aromatic N) is 2. The molecule has 2 aliphatic heterocycles. The van der Waals surface area contributed by atoms with Gasteiger partial charge in [0.1, 0.15) is 0 Å². The van der Waals surface area contributed by atoms with Crippen LogP contribution in [-0.4, -0.2) is 44.7 Å². The zero-order valence-electron chi connectivity index (χ0n) is 16.4. The fourth-order valence-electron chi connectivity index (χ4n) is 3.75. The highest BCUT2D eigenvalue weighted by atomic mass is 79.9. The number of aryl methyl sites for hydroxylation is 1. The van der Waals surface area contributed by atoms with E-state index >= 15 is 0 Å². The third-order valence-corrected chi connectivity index (χ3v) is 6.35. The van der Waals surface area contributed by atoms with Crippen molar-refractivity contribution in [1.82, 2.24) is 0 Å². The summed E-state index contributed by atoms with van der Waals surface area (Å²) >= 11 is 3.48. The summed E-state index contributed by atoms with van der Waals surface area (Å²) in [5, 5.41) is 2.96. The molecule has 1 unspecified atom stereocenters. The Morgan fingerprint density at radius 2 is 1.79 bits per heavy atom. The van der Waals surface area contributed by atoms with E-state index in [2.05, 4.69) is 26.1 Å². The number of hydrogen-bond donors (Lipinski definition) is 1. The molecule has 152 valence electrons. The Labute approximate surface area is 178 Å². The summed E-state index contributed by atoms with van der Waals surface area (Å²) in [5.74, 6) is -0.492. The molecule has 0 bridgehead atoms. The van der Waals surface area contributed by atoms with E-state index in [-0.39, 0.29) is 24.2 Å². The normalized spacial score (nSPS) is 19.5.